The third-order valence-corrected chi connectivity index (χ3v) is 9.62. The Balaban J connectivity index is 1.49. The van der Waals surface area contributed by atoms with Crippen molar-refractivity contribution in [1.29, 1.82) is 0 Å². The molecule has 0 bridgehead atoms. The van der Waals surface area contributed by atoms with Crippen LogP contribution in [0.3, 0.4) is 0 Å². The number of halogens is 6. The van der Waals surface area contributed by atoms with E-state index in [4.69, 9.17) is 0 Å². The number of carbonyl (C=O) groups excluding carboxylic acids is 2. The number of nitrogens with zero attached hydrogens (tertiary/aromatic N) is 2. The molecule has 2 unspecified atom stereocenters. The predicted octanol–water partition coefficient (Wildman–Crippen LogP) is 9.50. The third-order valence-electron chi connectivity index (χ3n) is 9.62. The van der Waals surface area contributed by atoms with Crippen LogP contribution >= 0.6 is 0 Å². The van der Waals surface area contributed by atoms with Crippen molar-refractivity contribution in [3.63, 3.8) is 0 Å². The van der Waals surface area contributed by atoms with Crippen LogP contribution in [0.2, 0.25) is 0 Å². The summed E-state index contributed by atoms with van der Waals surface area (Å²) < 4.78 is 83.2. The van der Waals surface area contributed by atoms with Gasteiger partial charge < -0.3 is 10.4 Å². The number of aliphatic imine (C=N–C) groups is 2. The second-order valence-corrected chi connectivity index (χ2v) is 13.5. The van der Waals surface area contributed by atoms with Crippen LogP contribution in [-0.2, 0) is 4.79 Å². The highest BCUT2D eigenvalue weighted by Crippen LogP contribution is 2.41. The summed E-state index contributed by atoms with van der Waals surface area (Å²) in [6.45, 7) is 3.22. The van der Waals surface area contributed by atoms with E-state index in [0.29, 0.717) is 54.9 Å². The topological polar surface area (TPSA) is 91.1 Å². The van der Waals surface area contributed by atoms with Gasteiger partial charge in [0.1, 0.15) is 11.5 Å². The highest BCUT2D eigenvalue weighted by atomic mass is 19.4. The molecule has 1 saturated carbocycles. The smallest absolute Gasteiger partial charge is 0.429 e. The minimum atomic E-state index is -4.65. The number of anilines is 1. The number of nitrogens with one attached hydrogen (secondary N) is 1. The van der Waals surface area contributed by atoms with E-state index in [9.17, 15) is 41.0 Å². The number of alkyl halides is 6. The number of benzene rings is 1. The lowest BCUT2D eigenvalue weighted by Gasteiger charge is -2.28. The Kier molecular flexibility index (Phi) is 11.0. The normalized spacial score (nSPS) is 22.0. The molecular formula is C37H41F6N3O3. The molecule has 0 aromatic heterocycles. The highest BCUT2D eigenvalue weighted by Gasteiger charge is 2.40. The summed E-state index contributed by atoms with van der Waals surface area (Å²) >= 11 is 0. The molecule has 12 heteroatoms. The van der Waals surface area contributed by atoms with E-state index in [0.717, 1.165) is 18.9 Å². The zero-order valence-electron chi connectivity index (χ0n) is 27.6. The lowest BCUT2D eigenvalue weighted by Crippen LogP contribution is -2.31. The van der Waals surface area contributed by atoms with E-state index in [2.05, 4.69) is 15.3 Å². The molecule has 2 atom stereocenters. The number of phenolic OH excluding ortho intramolecular Hbond substituents is 1. The van der Waals surface area contributed by atoms with Gasteiger partial charge >= 0.3 is 12.4 Å². The summed E-state index contributed by atoms with van der Waals surface area (Å²) in [7, 11) is 0. The zero-order valence-corrected chi connectivity index (χ0v) is 27.6. The number of rotatable bonds is 10. The molecular weight excluding hydrogens is 648 g/mol. The fraction of sp³-hybridized carbons (Fsp3) is 0.514. The van der Waals surface area contributed by atoms with Gasteiger partial charge in [0.15, 0.2) is 5.78 Å². The Labute approximate surface area is 281 Å². The van der Waals surface area contributed by atoms with Crippen LogP contribution in [0.1, 0.15) is 93.5 Å². The van der Waals surface area contributed by atoms with Crippen molar-refractivity contribution in [2.75, 3.05) is 11.9 Å². The van der Waals surface area contributed by atoms with Crippen molar-refractivity contribution < 1.29 is 41.0 Å². The van der Waals surface area contributed by atoms with Crippen molar-refractivity contribution in [3.8, 4) is 5.75 Å². The average molecular weight is 690 g/mol. The van der Waals surface area contributed by atoms with E-state index in [1.807, 2.05) is 0 Å². The maximum atomic E-state index is 14.3. The van der Waals surface area contributed by atoms with Gasteiger partial charge in [-0.2, -0.15) is 26.3 Å². The number of dihydropyridines is 1. The number of ketones is 1. The Morgan fingerprint density at radius 3 is 2.45 bits per heavy atom. The molecule has 4 aliphatic rings. The maximum Gasteiger partial charge on any atom is 0.429 e. The first-order valence-corrected chi connectivity index (χ1v) is 16.8. The summed E-state index contributed by atoms with van der Waals surface area (Å²) in [5.41, 5.74) is 0.175. The van der Waals surface area contributed by atoms with Crippen molar-refractivity contribution in [1.82, 2.24) is 0 Å². The molecule has 2 aliphatic heterocycles. The van der Waals surface area contributed by atoms with Gasteiger partial charge in [0.05, 0.1) is 17.3 Å². The number of aromatic hydroxyl groups is 1. The molecule has 6 nitrogen and oxygen atoms in total. The lowest BCUT2D eigenvalue weighted by molar-refractivity contribution is -0.113. The standard InChI is InChI=1S/C37H41F6N3O3/c1-21-7-4-3-5-9-31(36(38,39)40)28(21)16-24-20-44-26(17-25-8-6-10-33(45-25)37(41,42)43)18-29(24)35(49)46-34-22(2)15-27(47)19-30(34)32(48)14-13-23-11-12-23/h3,5,9,15,18-19,23-25,47H,4,6-8,10-14,16-17,20H2,1-2H3,(H,46,49). The van der Waals surface area contributed by atoms with E-state index < -0.39 is 41.5 Å². The Morgan fingerprint density at radius 2 is 1.76 bits per heavy atom. The summed E-state index contributed by atoms with van der Waals surface area (Å²) in [6, 6.07) is 1.99. The number of hydrogen-bond acceptors (Lipinski definition) is 5. The van der Waals surface area contributed by atoms with Crippen molar-refractivity contribution in [2.45, 2.75) is 103 Å². The van der Waals surface area contributed by atoms with Crippen LogP contribution in [0.25, 0.3) is 0 Å². The van der Waals surface area contributed by atoms with E-state index in [1.54, 1.807) is 19.9 Å². The predicted molar refractivity (Wildman–Crippen MR) is 177 cm³/mol. The van der Waals surface area contributed by atoms with Crippen LogP contribution in [0, 0.1) is 18.8 Å². The Morgan fingerprint density at radius 1 is 1.00 bits per heavy atom. The lowest BCUT2D eigenvalue weighted by atomic mass is 9.82. The number of aryl methyl sites for hydroxylation is 1. The van der Waals surface area contributed by atoms with Crippen LogP contribution in [-0.4, -0.2) is 53.2 Å². The number of Topliss-reactive ketones (excluding diaryl/α,β-unsaturated/α-hetero) is 1. The molecule has 5 rings (SSSR count). The molecule has 0 radical (unpaired) electrons. The van der Waals surface area contributed by atoms with Crippen LogP contribution in [0.15, 0.2) is 68.7 Å². The average Bonchev–Trinajstić information content (AvgIpc) is 3.85. The van der Waals surface area contributed by atoms with Gasteiger partial charge in [-0.3, -0.25) is 19.6 Å². The second-order valence-electron chi connectivity index (χ2n) is 13.5. The Hall–Kier alpha value is -3.96. The largest absolute Gasteiger partial charge is 0.508 e. The Bertz CT molecular complexity index is 1660. The maximum absolute atomic E-state index is 14.3. The van der Waals surface area contributed by atoms with Crippen LogP contribution in [0.5, 0.6) is 5.75 Å². The fourth-order valence-corrected chi connectivity index (χ4v) is 6.73. The molecule has 49 heavy (non-hydrogen) atoms. The molecule has 1 amide bonds. The third kappa shape index (κ3) is 9.39. The van der Waals surface area contributed by atoms with Gasteiger partial charge in [-0.15, -0.1) is 0 Å². The van der Waals surface area contributed by atoms with E-state index >= 15 is 0 Å². The molecule has 2 N–H and O–H groups in total. The number of hydrogen-bond donors (Lipinski definition) is 2. The van der Waals surface area contributed by atoms with Crippen molar-refractivity contribution in [3.05, 3.63) is 69.9 Å². The molecule has 0 saturated heterocycles. The molecule has 1 aromatic carbocycles. The van der Waals surface area contributed by atoms with Gasteiger partial charge in [-0.1, -0.05) is 36.6 Å². The molecule has 1 aromatic rings. The molecule has 264 valence electrons. The van der Waals surface area contributed by atoms with Crippen LogP contribution < -0.4 is 5.32 Å². The van der Waals surface area contributed by atoms with Gasteiger partial charge in [0, 0.05) is 42.2 Å². The molecule has 1 fully saturated rings. The first kappa shape index (κ1) is 36.3. The highest BCUT2D eigenvalue weighted by molar-refractivity contribution is 6.13. The number of amides is 1. The van der Waals surface area contributed by atoms with Crippen LogP contribution in [0.4, 0.5) is 32.0 Å². The quantitative estimate of drug-likeness (QED) is 0.146. The molecule has 2 aliphatic carbocycles. The van der Waals surface area contributed by atoms with Crippen molar-refractivity contribution >= 4 is 28.8 Å². The first-order chi connectivity index (χ1) is 23.1. The SMILES string of the molecule is CC1=C(CC2CN=C(CC3CCCC(C(F)(F)F)=N3)C=C2C(=O)Nc2c(C)cc(O)cc2C(=O)CCC2CC2)C(C(F)(F)F)=CC=CCC1. The van der Waals surface area contributed by atoms with Gasteiger partial charge in [-0.05, 0) is 94.1 Å². The summed E-state index contributed by atoms with van der Waals surface area (Å²) in [5.74, 6) is -1.38. The fourth-order valence-electron chi connectivity index (χ4n) is 6.73. The first-order valence-electron chi connectivity index (χ1n) is 16.8. The summed E-state index contributed by atoms with van der Waals surface area (Å²) in [4.78, 5) is 35.9. The van der Waals surface area contributed by atoms with Gasteiger partial charge in [0.2, 0.25) is 0 Å². The number of allylic oxidation sites excluding steroid dienone is 7. The minimum Gasteiger partial charge on any atom is -0.508 e. The van der Waals surface area contributed by atoms with E-state index in [-0.39, 0.29) is 66.2 Å². The van der Waals surface area contributed by atoms with Gasteiger partial charge in [-0.25, -0.2) is 0 Å². The zero-order chi connectivity index (χ0) is 35.5. The number of carbonyl (C=O) groups is 2. The second kappa shape index (κ2) is 14.9. The minimum absolute atomic E-state index is 0.0342. The molecule has 2 heterocycles. The van der Waals surface area contributed by atoms with E-state index in [1.165, 1.54) is 24.3 Å². The monoisotopic (exact) mass is 689 g/mol. The summed E-state index contributed by atoms with van der Waals surface area (Å²) in [5, 5.41) is 13.1. The number of phenols is 1. The molecule has 0 spiro atoms. The summed E-state index contributed by atoms with van der Waals surface area (Å²) in [6.07, 6.45) is 0.718. The van der Waals surface area contributed by atoms with Crippen molar-refractivity contribution in [2.24, 2.45) is 21.8 Å². The van der Waals surface area contributed by atoms with Gasteiger partial charge in [0.25, 0.3) is 5.91 Å².